The molecule has 0 radical (unpaired) electrons. The Balaban J connectivity index is 3.38. The molecule has 8 heavy (non-hydrogen) atoms. The van der Waals surface area contributed by atoms with Gasteiger partial charge in [-0.3, -0.25) is 5.41 Å². The van der Waals surface area contributed by atoms with E-state index in [1.807, 2.05) is 0 Å². The van der Waals surface area contributed by atoms with Crippen molar-refractivity contribution in [2.24, 2.45) is 0 Å². The molecule has 3 heteroatoms. The lowest BCUT2D eigenvalue weighted by molar-refractivity contribution is 0.592. The second kappa shape index (κ2) is 3.18. The lowest BCUT2D eigenvalue weighted by Crippen LogP contribution is -2.21. The molecule has 0 aromatic heterocycles. The predicted molar refractivity (Wildman–Crippen MR) is 34.8 cm³/mol. The van der Waals surface area contributed by atoms with Crippen LogP contribution in [0.25, 0.3) is 0 Å². The molecule has 0 spiro atoms. The first kappa shape index (κ1) is 7.14. The molecule has 46 valence electrons. The summed E-state index contributed by atoms with van der Waals surface area (Å²) in [6, 6.07) is 0. The largest absolute Gasteiger partial charge is 0.361 e. The van der Waals surface area contributed by atoms with Gasteiger partial charge in [0.1, 0.15) is 0 Å². The van der Waals surface area contributed by atoms with Gasteiger partial charge in [-0.2, -0.15) is 0 Å². The van der Waals surface area contributed by atoms with Gasteiger partial charge in [0.15, 0.2) is 0 Å². The van der Waals surface area contributed by atoms with E-state index < -0.39 is 0 Å². The van der Waals surface area contributed by atoms with Crippen molar-refractivity contribution in [1.82, 2.24) is 4.90 Å². The third-order valence-corrected chi connectivity index (χ3v) is 0.707. The molecule has 3 nitrogen and oxygen atoms in total. The molecular formula is C5H11N3. The van der Waals surface area contributed by atoms with Crippen LogP contribution in [0.15, 0.2) is 0 Å². The molecule has 0 aliphatic heterocycles. The highest BCUT2D eigenvalue weighted by molar-refractivity contribution is 5.82. The van der Waals surface area contributed by atoms with Crippen molar-refractivity contribution in [1.29, 1.82) is 10.8 Å². The summed E-state index contributed by atoms with van der Waals surface area (Å²) >= 11 is 0. The SMILES string of the molecule is CC(=N)CN(C)C=N. The quantitative estimate of drug-likeness (QED) is 0.408. The van der Waals surface area contributed by atoms with Gasteiger partial charge in [-0.05, 0) is 6.92 Å². The van der Waals surface area contributed by atoms with Gasteiger partial charge < -0.3 is 10.3 Å². The van der Waals surface area contributed by atoms with Crippen molar-refractivity contribution in [3.8, 4) is 0 Å². The Labute approximate surface area is 49.3 Å². The summed E-state index contributed by atoms with van der Waals surface area (Å²) in [7, 11) is 1.77. The standard InChI is InChI=1S/C5H11N3/c1-5(7)3-8(2)4-6/h4,6-7H,3H2,1-2H3. The molecule has 2 N–H and O–H groups in total. The van der Waals surface area contributed by atoms with Crippen LogP contribution in [-0.2, 0) is 0 Å². The summed E-state index contributed by atoms with van der Waals surface area (Å²) < 4.78 is 0. The van der Waals surface area contributed by atoms with E-state index in [1.54, 1.807) is 18.9 Å². The van der Waals surface area contributed by atoms with Crippen LogP contribution in [0.4, 0.5) is 0 Å². The van der Waals surface area contributed by atoms with Crippen LogP contribution < -0.4 is 0 Å². The highest BCUT2D eigenvalue weighted by atomic mass is 15.1. The summed E-state index contributed by atoms with van der Waals surface area (Å²) in [5, 5.41) is 13.7. The summed E-state index contributed by atoms with van der Waals surface area (Å²) in [5.74, 6) is 0. The normalized spacial score (nSPS) is 8.25. The Bertz CT molecular complexity index is 97.8. The summed E-state index contributed by atoms with van der Waals surface area (Å²) in [4.78, 5) is 1.64. The zero-order valence-corrected chi connectivity index (χ0v) is 5.23. The number of hydrogen-bond acceptors (Lipinski definition) is 2. The Kier molecular flexibility index (Phi) is 2.84. The predicted octanol–water partition coefficient (Wildman–Crippen LogP) is 0.565. The smallest absolute Gasteiger partial charge is 0.0818 e. The van der Waals surface area contributed by atoms with Crippen LogP contribution in [0, 0.1) is 10.8 Å². The van der Waals surface area contributed by atoms with Crippen molar-refractivity contribution in [2.45, 2.75) is 6.92 Å². The zero-order chi connectivity index (χ0) is 6.57. The third kappa shape index (κ3) is 3.33. The Hall–Kier alpha value is -0.860. The summed E-state index contributed by atoms with van der Waals surface area (Å²) in [6.07, 6.45) is 1.21. The number of rotatable bonds is 3. The first-order chi connectivity index (χ1) is 3.66. The topological polar surface area (TPSA) is 50.9 Å². The molecule has 0 saturated carbocycles. The van der Waals surface area contributed by atoms with Crippen molar-refractivity contribution in [3.63, 3.8) is 0 Å². The van der Waals surface area contributed by atoms with E-state index in [0.29, 0.717) is 12.3 Å². The second-order valence-corrected chi connectivity index (χ2v) is 1.82. The maximum Gasteiger partial charge on any atom is 0.0818 e. The molecule has 0 saturated heterocycles. The molecule has 0 unspecified atom stereocenters. The van der Waals surface area contributed by atoms with Crippen LogP contribution in [0.1, 0.15) is 6.92 Å². The first-order valence-corrected chi connectivity index (χ1v) is 2.41. The molecule has 0 rings (SSSR count). The summed E-state index contributed by atoms with van der Waals surface area (Å²) in [5.41, 5.74) is 0.580. The van der Waals surface area contributed by atoms with Crippen molar-refractivity contribution in [3.05, 3.63) is 0 Å². The molecule has 0 atom stereocenters. The molecule has 0 aromatic carbocycles. The fourth-order valence-corrected chi connectivity index (χ4v) is 0.420. The van der Waals surface area contributed by atoms with E-state index in [2.05, 4.69) is 0 Å². The van der Waals surface area contributed by atoms with Crippen molar-refractivity contribution < 1.29 is 0 Å². The van der Waals surface area contributed by atoms with Crippen LogP contribution in [0.2, 0.25) is 0 Å². The van der Waals surface area contributed by atoms with Crippen molar-refractivity contribution in [2.75, 3.05) is 13.6 Å². The summed E-state index contributed by atoms with van der Waals surface area (Å²) in [6.45, 7) is 2.28. The molecule has 0 aliphatic carbocycles. The van der Waals surface area contributed by atoms with E-state index in [4.69, 9.17) is 10.8 Å². The van der Waals surface area contributed by atoms with Crippen LogP contribution >= 0.6 is 0 Å². The van der Waals surface area contributed by atoms with E-state index >= 15 is 0 Å². The lowest BCUT2D eigenvalue weighted by atomic mass is 10.4. The van der Waals surface area contributed by atoms with Gasteiger partial charge in [0, 0.05) is 12.8 Å². The minimum atomic E-state index is 0.559. The van der Waals surface area contributed by atoms with Gasteiger partial charge in [0.25, 0.3) is 0 Å². The number of nitrogens with one attached hydrogen (secondary N) is 2. The highest BCUT2D eigenvalue weighted by Gasteiger charge is 1.89. The van der Waals surface area contributed by atoms with Crippen LogP contribution in [0.3, 0.4) is 0 Å². The maximum absolute atomic E-state index is 6.98. The average Bonchev–Trinajstić information content (AvgIpc) is 1.65. The fraction of sp³-hybridized carbons (Fsp3) is 0.600. The monoisotopic (exact) mass is 113 g/mol. The Morgan fingerprint density at radius 1 is 1.75 bits per heavy atom. The second-order valence-electron chi connectivity index (χ2n) is 1.82. The minimum Gasteiger partial charge on any atom is -0.361 e. The highest BCUT2D eigenvalue weighted by Crippen LogP contribution is 1.75. The molecule has 0 aliphatic rings. The van der Waals surface area contributed by atoms with E-state index in [9.17, 15) is 0 Å². The molecule has 0 amide bonds. The molecule has 0 bridgehead atoms. The van der Waals surface area contributed by atoms with Crippen LogP contribution in [0.5, 0.6) is 0 Å². The molecule has 0 fully saturated rings. The number of nitrogens with zero attached hydrogens (tertiary/aromatic N) is 1. The minimum absolute atomic E-state index is 0.559. The molecule has 0 aromatic rings. The lowest BCUT2D eigenvalue weighted by Gasteiger charge is -2.08. The first-order valence-electron chi connectivity index (χ1n) is 2.41. The Morgan fingerprint density at radius 3 is 2.38 bits per heavy atom. The van der Waals surface area contributed by atoms with E-state index in [1.165, 1.54) is 6.34 Å². The van der Waals surface area contributed by atoms with Crippen LogP contribution in [-0.4, -0.2) is 30.5 Å². The number of hydrogen-bond donors (Lipinski definition) is 2. The Morgan fingerprint density at radius 2 is 2.25 bits per heavy atom. The van der Waals surface area contributed by atoms with Gasteiger partial charge in [-0.15, -0.1) is 0 Å². The van der Waals surface area contributed by atoms with Gasteiger partial charge in [0.05, 0.1) is 12.9 Å². The van der Waals surface area contributed by atoms with Gasteiger partial charge in [-0.1, -0.05) is 0 Å². The zero-order valence-electron chi connectivity index (χ0n) is 5.23. The maximum atomic E-state index is 6.98. The molecular weight excluding hydrogens is 102 g/mol. The van der Waals surface area contributed by atoms with Crippen molar-refractivity contribution >= 4 is 12.1 Å². The van der Waals surface area contributed by atoms with E-state index in [-0.39, 0.29) is 0 Å². The molecule has 0 heterocycles. The third-order valence-electron chi connectivity index (χ3n) is 0.707. The van der Waals surface area contributed by atoms with Gasteiger partial charge >= 0.3 is 0 Å². The van der Waals surface area contributed by atoms with E-state index in [0.717, 1.165) is 0 Å². The van der Waals surface area contributed by atoms with Gasteiger partial charge in [0.2, 0.25) is 0 Å². The fourth-order valence-electron chi connectivity index (χ4n) is 0.420. The van der Waals surface area contributed by atoms with Gasteiger partial charge in [-0.25, -0.2) is 0 Å². The average molecular weight is 113 g/mol.